The van der Waals surface area contributed by atoms with Gasteiger partial charge in [-0.25, -0.2) is 9.78 Å². The van der Waals surface area contributed by atoms with E-state index >= 15 is 0 Å². The number of anilines is 2. The van der Waals surface area contributed by atoms with Gasteiger partial charge in [0.15, 0.2) is 4.34 Å². The molecule has 1 heterocycles. The normalized spacial score (nSPS) is 10.8. The van der Waals surface area contributed by atoms with Crippen LogP contribution in [0.1, 0.15) is 31.8 Å². The number of carbonyl (C=O) groups excluding carboxylic acids is 2. The summed E-state index contributed by atoms with van der Waals surface area (Å²) in [6, 6.07) is 14.2. The molecule has 0 aliphatic carbocycles. The van der Waals surface area contributed by atoms with E-state index in [-0.39, 0.29) is 17.2 Å². The number of nitrogens with zero attached hydrogens (tertiary/aromatic N) is 2. The fourth-order valence-corrected chi connectivity index (χ4v) is 5.40. The number of hydrogen-bond acceptors (Lipinski definition) is 8. The second-order valence-corrected chi connectivity index (χ2v) is 10.3. The summed E-state index contributed by atoms with van der Waals surface area (Å²) in [7, 11) is 0. The third-order valence-electron chi connectivity index (χ3n) is 5.44. The molecule has 0 bridgehead atoms. The zero-order valence-corrected chi connectivity index (χ0v) is 21.2. The number of rotatable bonds is 8. The quantitative estimate of drug-likeness (QED) is 0.152. The number of thiazole rings is 1. The summed E-state index contributed by atoms with van der Waals surface area (Å²) in [5, 5.41) is 26.1. The Kier molecular flexibility index (Phi) is 7.50. The van der Waals surface area contributed by atoms with E-state index in [1.54, 1.807) is 18.2 Å². The van der Waals surface area contributed by atoms with Crippen molar-refractivity contribution in [1.29, 1.82) is 0 Å². The highest BCUT2D eigenvalue weighted by Gasteiger charge is 2.27. The minimum atomic E-state index is -1.57. The number of aromatic nitrogens is 1. The molecule has 10 nitrogen and oxygen atoms in total. The van der Waals surface area contributed by atoms with Crippen LogP contribution in [0.15, 0.2) is 58.9 Å². The van der Waals surface area contributed by atoms with Crippen LogP contribution in [0.4, 0.5) is 17.1 Å². The minimum Gasteiger partial charge on any atom is -0.477 e. The fourth-order valence-electron chi connectivity index (χ4n) is 3.49. The maximum absolute atomic E-state index is 12.8. The molecular weight excluding hydrogens is 516 g/mol. The van der Waals surface area contributed by atoms with Gasteiger partial charge in [0, 0.05) is 17.4 Å². The summed E-state index contributed by atoms with van der Waals surface area (Å²) >= 11 is 2.62. The van der Waals surface area contributed by atoms with Crippen LogP contribution < -0.4 is 10.6 Å². The number of aromatic carboxylic acids is 1. The summed E-state index contributed by atoms with van der Waals surface area (Å²) in [6.07, 6.45) is 0. The van der Waals surface area contributed by atoms with Gasteiger partial charge >= 0.3 is 5.97 Å². The molecule has 0 fully saturated rings. The largest absolute Gasteiger partial charge is 0.477 e. The number of benzene rings is 3. The molecule has 3 aromatic carbocycles. The molecule has 0 saturated carbocycles. The third-order valence-corrected chi connectivity index (χ3v) is 7.60. The van der Waals surface area contributed by atoms with E-state index in [2.05, 4.69) is 15.6 Å². The minimum absolute atomic E-state index is 0.161. The van der Waals surface area contributed by atoms with Crippen LogP contribution in [0.3, 0.4) is 0 Å². The van der Waals surface area contributed by atoms with Crippen LogP contribution in [-0.4, -0.2) is 38.6 Å². The van der Waals surface area contributed by atoms with E-state index in [0.29, 0.717) is 15.5 Å². The van der Waals surface area contributed by atoms with Gasteiger partial charge in [0.2, 0.25) is 5.91 Å². The van der Waals surface area contributed by atoms with Crippen molar-refractivity contribution in [1.82, 2.24) is 4.98 Å². The Labute approximate surface area is 218 Å². The SMILES string of the molecule is Cc1ccc(NC(=O)CSc2nc3ccc(NC(=O)c4cccc([N+](=O)[O-])c4C(=O)O)cc3s2)cc1C. The maximum atomic E-state index is 12.8. The number of hydrogen-bond donors (Lipinski definition) is 3. The zero-order chi connectivity index (χ0) is 26.7. The lowest BCUT2D eigenvalue weighted by molar-refractivity contribution is -0.385. The van der Waals surface area contributed by atoms with Crippen molar-refractivity contribution in [3.63, 3.8) is 0 Å². The number of nitrogens with one attached hydrogen (secondary N) is 2. The lowest BCUT2D eigenvalue weighted by Crippen LogP contribution is -2.17. The van der Waals surface area contributed by atoms with E-state index in [4.69, 9.17) is 0 Å². The van der Waals surface area contributed by atoms with Crippen molar-refractivity contribution >= 4 is 68.2 Å². The van der Waals surface area contributed by atoms with Gasteiger partial charge in [-0.2, -0.15) is 0 Å². The highest BCUT2D eigenvalue weighted by Crippen LogP contribution is 2.32. The van der Waals surface area contributed by atoms with Crippen molar-refractivity contribution < 1.29 is 24.4 Å². The molecule has 12 heteroatoms. The molecule has 37 heavy (non-hydrogen) atoms. The molecular formula is C25H20N4O6S2. The molecule has 0 unspecified atom stereocenters. The summed E-state index contributed by atoms with van der Waals surface area (Å²) < 4.78 is 1.41. The van der Waals surface area contributed by atoms with Crippen LogP contribution in [0.2, 0.25) is 0 Å². The van der Waals surface area contributed by atoms with Gasteiger partial charge in [-0.1, -0.05) is 23.9 Å². The van der Waals surface area contributed by atoms with Crippen LogP contribution >= 0.6 is 23.1 Å². The molecule has 0 aliphatic heterocycles. The first-order valence-electron chi connectivity index (χ1n) is 10.8. The number of carbonyl (C=O) groups is 3. The molecule has 0 radical (unpaired) electrons. The second kappa shape index (κ2) is 10.8. The molecule has 4 rings (SSSR count). The summed E-state index contributed by atoms with van der Waals surface area (Å²) in [6.45, 7) is 3.98. The zero-order valence-electron chi connectivity index (χ0n) is 19.6. The van der Waals surface area contributed by atoms with E-state index in [9.17, 15) is 29.6 Å². The number of amides is 2. The molecule has 188 valence electrons. The average molecular weight is 537 g/mol. The van der Waals surface area contributed by atoms with Crippen molar-refractivity contribution in [3.8, 4) is 0 Å². The standard InChI is InChI=1S/C25H20N4O6S2/c1-13-6-7-15(10-14(13)2)26-21(30)12-36-25-28-18-9-8-16(11-20(18)37-25)27-23(31)17-4-3-5-19(29(34)35)22(17)24(32)33/h3-11H,12H2,1-2H3,(H,26,30)(H,27,31)(H,32,33). The van der Waals surface area contributed by atoms with E-state index < -0.39 is 28.1 Å². The number of carboxylic acid groups (broad SMARTS) is 1. The molecule has 2 amide bonds. The number of nitro benzene ring substituents is 1. The van der Waals surface area contributed by atoms with Crippen molar-refractivity contribution in [2.45, 2.75) is 18.2 Å². The van der Waals surface area contributed by atoms with Crippen molar-refractivity contribution in [3.05, 3.63) is 87.0 Å². The Bertz CT molecular complexity index is 1570. The van der Waals surface area contributed by atoms with Crippen LogP contribution in [-0.2, 0) is 4.79 Å². The van der Waals surface area contributed by atoms with E-state index in [0.717, 1.165) is 27.6 Å². The Morgan fingerprint density at radius 3 is 2.46 bits per heavy atom. The first kappa shape index (κ1) is 25.8. The van der Waals surface area contributed by atoms with Gasteiger partial charge in [-0.15, -0.1) is 11.3 Å². The third kappa shape index (κ3) is 5.93. The number of thioether (sulfide) groups is 1. The first-order chi connectivity index (χ1) is 17.6. The van der Waals surface area contributed by atoms with Crippen molar-refractivity contribution in [2.75, 3.05) is 16.4 Å². The van der Waals surface area contributed by atoms with Crippen molar-refractivity contribution in [2.24, 2.45) is 0 Å². The Hall–Kier alpha value is -4.29. The molecule has 0 aliphatic rings. The molecule has 1 aromatic heterocycles. The Morgan fingerprint density at radius 2 is 1.76 bits per heavy atom. The topological polar surface area (TPSA) is 152 Å². The molecule has 0 atom stereocenters. The van der Waals surface area contributed by atoms with Gasteiger partial charge in [0.1, 0.15) is 5.56 Å². The predicted octanol–water partition coefficient (Wildman–Crippen LogP) is 5.50. The first-order valence-corrected chi connectivity index (χ1v) is 12.6. The molecule has 4 aromatic rings. The van der Waals surface area contributed by atoms with Crippen LogP contribution in [0.25, 0.3) is 10.2 Å². The number of nitro groups is 1. The Morgan fingerprint density at radius 1 is 1.03 bits per heavy atom. The predicted molar refractivity (Wildman–Crippen MR) is 143 cm³/mol. The highest BCUT2D eigenvalue weighted by molar-refractivity contribution is 8.01. The van der Waals surface area contributed by atoms with Crippen LogP contribution in [0, 0.1) is 24.0 Å². The summed E-state index contributed by atoms with van der Waals surface area (Å²) in [5.74, 6) is -2.35. The second-order valence-electron chi connectivity index (χ2n) is 8.01. The van der Waals surface area contributed by atoms with Gasteiger partial charge in [0.05, 0.1) is 26.5 Å². The lowest BCUT2D eigenvalue weighted by Gasteiger charge is -2.08. The molecule has 0 saturated heterocycles. The highest BCUT2D eigenvalue weighted by atomic mass is 32.2. The van der Waals surface area contributed by atoms with Gasteiger partial charge < -0.3 is 15.7 Å². The van der Waals surface area contributed by atoms with Crippen LogP contribution in [0.5, 0.6) is 0 Å². The number of carboxylic acids is 1. The van der Waals surface area contributed by atoms with Gasteiger partial charge in [-0.05, 0) is 61.4 Å². The van der Waals surface area contributed by atoms with Gasteiger partial charge in [-0.3, -0.25) is 19.7 Å². The average Bonchev–Trinajstić information content (AvgIpc) is 3.26. The summed E-state index contributed by atoms with van der Waals surface area (Å²) in [4.78, 5) is 51.6. The number of fused-ring (bicyclic) bond motifs is 1. The monoisotopic (exact) mass is 536 g/mol. The summed E-state index contributed by atoms with van der Waals surface area (Å²) in [5.41, 5.74) is 2.33. The van der Waals surface area contributed by atoms with E-state index in [1.165, 1.54) is 35.2 Å². The molecule has 3 N–H and O–H groups in total. The lowest BCUT2D eigenvalue weighted by atomic mass is 10.0. The molecule has 0 spiro atoms. The van der Waals surface area contributed by atoms with Gasteiger partial charge in [0.25, 0.3) is 11.6 Å². The fraction of sp³-hybridized carbons (Fsp3) is 0.120. The smallest absolute Gasteiger partial charge is 0.343 e. The number of aryl methyl sites for hydroxylation is 2. The maximum Gasteiger partial charge on any atom is 0.343 e. The van der Waals surface area contributed by atoms with E-state index in [1.807, 2.05) is 32.0 Å². The Balaban J connectivity index is 1.45.